The van der Waals surface area contributed by atoms with Crippen LogP contribution in [-0.2, 0) is 4.79 Å². The Labute approximate surface area is 233 Å². The lowest BCUT2D eigenvalue weighted by Crippen LogP contribution is -2.36. The monoisotopic (exact) mass is 556 g/mol. The van der Waals surface area contributed by atoms with Crippen molar-refractivity contribution in [2.75, 3.05) is 18.4 Å². The first-order valence-corrected chi connectivity index (χ1v) is 13.1. The van der Waals surface area contributed by atoms with Gasteiger partial charge in [0.1, 0.15) is 35.2 Å². The molecule has 1 saturated heterocycles. The number of fused-ring (bicyclic) bond motifs is 1. The number of halogens is 2. The molecule has 1 aromatic carbocycles. The highest BCUT2D eigenvalue weighted by Gasteiger charge is 2.26. The first-order chi connectivity index (χ1) is 19.9. The van der Waals surface area contributed by atoms with Gasteiger partial charge in [-0.25, -0.2) is 23.4 Å². The summed E-state index contributed by atoms with van der Waals surface area (Å²) in [5, 5.41) is 8.16. The topological polar surface area (TPSA) is 114 Å². The van der Waals surface area contributed by atoms with E-state index < -0.39 is 11.6 Å². The van der Waals surface area contributed by atoms with Crippen molar-refractivity contribution in [1.82, 2.24) is 34.6 Å². The van der Waals surface area contributed by atoms with Crippen LogP contribution in [0.1, 0.15) is 30.0 Å². The molecule has 0 unspecified atom stereocenters. The minimum Gasteiger partial charge on any atom is -0.437 e. The van der Waals surface area contributed by atoms with Gasteiger partial charge < -0.3 is 19.9 Å². The number of carbonyl (C=O) groups is 1. The number of pyridine rings is 1. The number of rotatable bonds is 7. The third kappa shape index (κ3) is 5.23. The number of hydrogen-bond acceptors (Lipinski definition) is 7. The van der Waals surface area contributed by atoms with Gasteiger partial charge in [-0.3, -0.25) is 9.78 Å². The van der Waals surface area contributed by atoms with Gasteiger partial charge in [0.2, 0.25) is 11.8 Å². The fourth-order valence-electron chi connectivity index (χ4n) is 4.98. The Morgan fingerprint density at radius 3 is 2.73 bits per heavy atom. The summed E-state index contributed by atoms with van der Waals surface area (Å²) in [6.45, 7) is 6.41. The highest BCUT2D eigenvalue weighted by molar-refractivity contribution is 5.92. The van der Waals surface area contributed by atoms with Crippen LogP contribution in [0.15, 0.2) is 67.9 Å². The van der Waals surface area contributed by atoms with Crippen molar-refractivity contribution in [2.45, 2.75) is 25.7 Å². The number of aryl methyl sites for hydroxylation is 1. The van der Waals surface area contributed by atoms with Gasteiger partial charge in [0, 0.05) is 43.7 Å². The van der Waals surface area contributed by atoms with Crippen molar-refractivity contribution in [1.29, 1.82) is 0 Å². The molecular weight excluding hydrogens is 530 g/mol. The van der Waals surface area contributed by atoms with Gasteiger partial charge in [-0.15, -0.1) is 5.10 Å². The fraction of sp³-hybridized carbons (Fsp3) is 0.207. The Hall–Kier alpha value is -5.13. The number of nitrogens with one attached hydrogen (secondary N) is 2. The number of carbonyl (C=O) groups excluding carboxylic acids is 1. The minimum absolute atomic E-state index is 0.0664. The van der Waals surface area contributed by atoms with Gasteiger partial charge in [-0.05, 0) is 49.5 Å². The molecule has 5 heterocycles. The van der Waals surface area contributed by atoms with E-state index in [2.05, 4.69) is 36.9 Å². The molecule has 1 aliphatic rings. The van der Waals surface area contributed by atoms with E-state index in [1.54, 1.807) is 36.2 Å². The third-order valence-corrected chi connectivity index (χ3v) is 7.18. The Bertz CT molecular complexity index is 1760. The molecule has 2 N–H and O–H groups in total. The molecule has 41 heavy (non-hydrogen) atoms. The highest BCUT2D eigenvalue weighted by atomic mass is 19.1. The molecule has 1 aliphatic heterocycles. The van der Waals surface area contributed by atoms with Crippen LogP contribution >= 0.6 is 0 Å². The number of nitrogens with zero attached hydrogens (tertiary/aromatic N) is 6. The zero-order chi connectivity index (χ0) is 28.5. The molecule has 1 amide bonds. The first-order valence-electron chi connectivity index (χ1n) is 13.1. The van der Waals surface area contributed by atoms with Gasteiger partial charge >= 0.3 is 0 Å². The van der Waals surface area contributed by atoms with E-state index in [0.29, 0.717) is 35.9 Å². The molecule has 1 fully saturated rings. The van der Waals surface area contributed by atoms with Gasteiger partial charge in [0.15, 0.2) is 0 Å². The number of ether oxygens (including phenoxy) is 1. The molecule has 0 atom stereocenters. The molecule has 6 rings (SSSR count). The molecule has 0 bridgehead atoms. The summed E-state index contributed by atoms with van der Waals surface area (Å²) in [7, 11) is 0. The van der Waals surface area contributed by atoms with E-state index in [1.165, 1.54) is 35.4 Å². The second-order valence-corrected chi connectivity index (χ2v) is 9.72. The molecule has 0 radical (unpaired) electrons. The number of benzene rings is 1. The van der Waals surface area contributed by atoms with Crippen LogP contribution in [0.3, 0.4) is 0 Å². The normalized spacial score (nSPS) is 13.9. The number of piperidine rings is 1. The zero-order valence-corrected chi connectivity index (χ0v) is 22.1. The number of likely N-dealkylation sites (tertiary alicyclic amines) is 1. The fourth-order valence-corrected chi connectivity index (χ4v) is 4.98. The largest absolute Gasteiger partial charge is 0.437 e. The number of anilines is 2. The number of aromatic amines is 1. The second-order valence-electron chi connectivity index (χ2n) is 9.72. The third-order valence-electron chi connectivity index (χ3n) is 7.18. The molecule has 5 aromatic rings. The van der Waals surface area contributed by atoms with Crippen LogP contribution in [0.4, 0.5) is 20.3 Å². The molecular formula is C29H26F2N8O2. The minimum atomic E-state index is -0.549. The van der Waals surface area contributed by atoms with Crippen LogP contribution < -0.4 is 10.1 Å². The van der Waals surface area contributed by atoms with Gasteiger partial charge in [0.05, 0.1) is 28.7 Å². The Balaban J connectivity index is 1.19. The molecule has 10 nitrogen and oxygen atoms in total. The maximum atomic E-state index is 15.2. The predicted octanol–water partition coefficient (Wildman–Crippen LogP) is 5.55. The highest BCUT2D eigenvalue weighted by Crippen LogP contribution is 2.37. The number of aromatic nitrogens is 6. The Morgan fingerprint density at radius 2 is 1.98 bits per heavy atom. The summed E-state index contributed by atoms with van der Waals surface area (Å²) in [5.74, 6) is 0.0562. The maximum Gasteiger partial charge on any atom is 0.245 e. The second kappa shape index (κ2) is 10.8. The summed E-state index contributed by atoms with van der Waals surface area (Å²) in [5.41, 5.74) is 2.60. The molecule has 12 heteroatoms. The van der Waals surface area contributed by atoms with E-state index in [-0.39, 0.29) is 29.1 Å². The quantitative estimate of drug-likeness (QED) is 0.253. The summed E-state index contributed by atoms with van der Waals surface area (Å²) in [6, 6.07) is 7.33. The van der Waals surface area contributed by atoms with Crippen molar-refractivity contribution in [2.24, 2.45) is 0 Å². The van der Waals surface area contributed by atoms with E-state index in [9.17, 15) is 9.18 Å². The summed E-state index contributed by atoms with van der Waals surface area (Å²) < 4.78 is 36.3. The van der Waals surface area contributed by atoms with Crippen LogP contribution in [0.5, 0.6) is 11.6 Å². The lowest BCUT2D eigenvalue weighted by atomic mass is 9.89. The first kappa shape index (κ1) is 26.1. The smallest absolute Gasteiger partial charge is 0.245 e. The molecule has 0 saturated carbocycles. The van der Waals surface area contributed by atoms with Crippen molar-refractivity contribution < 1.29 is 18.3 Å². The predicted molar refractivity (Wildman–Crippen MR) is 148 cm³/mol. The van der Waals surface area contributed by atoms with E-state index in [1.807, 2.05) is 6.20 Å². The molecule has 208 valence electrons. The van der Waals surface area contributed by atoms with Crippen molar-refractivity contribution in [3.8, 4) is 17.3 Å². The number of hydrogen-bond donors (Lipinski definition) is 2. The lowest BCUT2D eigenvalue weighted by molar-refractivity contribution is -0.127. The van der Waals surface area contributed by atoms with E-state index in [0.717, 1.165) is 23.8 Å². The standard InChI is InChI=1S/C29H26F2N8O2/c1-3-26(40)38-9-6-18(7-10-38)21-15-33-28-27(21)29(35-16-34-28)36-24-5-4-20(13-23(24)31)41-25-8-11-39(37-25)19-12-22(30)17(2)32-14-19/h3-5,8,11-16,18H,1,6-7,9-10H2,2H3,(H2,33,34,35,36). The SMILES string of the molecule is C=CC(=O)N1CCC(c2c[nH]c3ncnc(Nc4ccc(Oc5ccn(-c6cnc(C)c(F)c6)n5)cc4F)c23)CC1. The van der Waals surface area contributed by atoms with E-state index in [4.69, 9.17) is 4.74 Å². The Morgan fingerprint density at radius 1 is 1.15 bits per heavy atom. The zero-order valence-electron chi connectivity index (χ0n) is 22.1. The molecule has 0 aliphatic carbocycles. The summed E-state index contributed by atoms with van der Waals surface area (Å²) in [4.78, 5) is 29.7. The number of H-pyrrole nitrogens is 1. The lowest BCUT2D eigenvalue weighted by Gasteiger charge is -2.31. The van der Waals surface area contributed by atoms with Crippen molar-refractivity contribution >= 4 is 28.4 Å². The van der Waals surface area contributed by atoms with Gasteiger partial charge in [-0.1, -0.05) is 6.58 Å². The van der Waals surface area contributed by atoms with Crippen LogP contribution in [-0.4, -0.2) is 53.6 Å². The van der Waals surface area contributed by atoms with Crippen LogP contribution in [0, 0.1) is 18.6 Å². The van der Waals surface area contributed by atoms with Crippen molar-refractivity contribution in [3.05, 3.63) is 90.8 Å². The molecule has 0 spiro atoms. The Kier molecular flexibility index (Phi) is 6.88. The van der Waals surface area contributed by atoms with Crippen LogP contribution in [0.2, 0.25) is 0 Å². The maximum absolute atomic E-state index is 15.2. The van der Waals surface area contributed by atoms with Crippen LogP contribution in [0.25, 0.3) is 16.7 Å². The summed E-state index contributed by atoms with van der Waals surface area (Å²) >= 11 is 0. The van der Waals surface area contributed by atoms with E-state index >= 15 is 4.39 Å². The number of amides is 1. The average Bonchev–Trinajstić information content (AvgIpc) is 3.64. The summed E-state index contributed by atoms with van der Waals surface area (Å²) in [6.07, 6.45) is 9.33. The van der Waals surface area contributed by atoms with Gasteiger partial charge in [-0.2, -0.15) is 0 Å². The van der Waals surface area contributed by atoms with Gasteiger partial charge in [0.25, 0.3) is 0 Å². The molecule has 4 aromatic heterocycles. The average molecular weight is 557 g/mol. The van der Waals surface area contributed by atoms with Crippen molar-refractivity contribution in [3.63, 3.8) is 0 Å².